The minimum absolute atomic E-state index is 0.0872. The number of benzene rings is 1. The van der Waals surface area contributed by atoms with Crippen molar-refractivity contribution < 1.29 is 18.0 Å². The lowest BCUT2D eigenvalue weighted by Crippen LogP contribution is -2.46. The van der Waals surface area contributed by atoms with Crippen LogP contribution in [0.3, 0.4) is 0 Å². The van der Waals surface area contributed by atoms with Gasteiger partial charge in [-0.15, -0.1) is 0 Å². The number of nitrogens with one attached hydrogen (secondary N) is 2. The zero-order valence-corrected chi connectivity index (χ0v) is 11.0. The molecule has 110 valence electrons. The van der Waals surface area contributed by atoms with E-state index in [1.54, 1.807) is 0 Å². The fourth-order valence-electron chi connectivity index (χ4n) is 2.33. The number of carbonyl (C=O) groups is 1. The minimum Gasteiger partial charge on any atom is -0.351 e. The lowest BCUT2D eigenvalue weighted by Gasteiger charge is -2.23. The summed E-state index contributed by atoms with van der Waals surface area (Å²) in [5.74, 6) is -0.235. The standard InChI is InChI=1S/C14H17F3N2O/c15-14(16,17)11-6-2-1-5-10(11)9-19-13(20)12-7-3-4-8-18-12/h1-2,5-6,12,18H,3-4,7-9H2,(H,19,20). The van der Waals surface area contributed by atoms with Crippen molar-refractivity contribution in [3.05, 3.63) is 35.4 Å². The van der Waals surface area contributed by atoms with E-state index in [1.165, 1.54) is 18.2 Å². The molecule has 1 heterocycles. The third kappa shape index (κ3) is 3.72. The molecular weight excluding hydrogens is 269 g/mol. The third-order valence-electron chi connectivity index (χ3n) is 3.40. The first-order chi connectivity index (χ1) is 9.48. The molecule has 1 atom stereocenters. The van der Waals surface area contributed by atoms with Crippen LogP contribution in [0.5, 0.6) is 0 Å². The Morgan fingerprint density at radius 3 is 2.70 bits per heavy atom. The van der Waals surface area contributed by atoms with Crippen LogP contribution in [0.4, 0.5) is 13.2 Å². The number of hydrogen-bond donors (Lipinski definition) is 2. The number of rotatable bonds is 3. The molecule has 0 aliphatic carbocycles. The van der Waals surface area contributed by atoms with Gasteiger partial charge in [0.1, 0.15) is 0 Å². The van der Waals surface area contributed by atoms with E-state index >= 15 is 0 Å². The minimum atomic E-state index is -4.40. The molecule has 0 aromatic heterocycles. The van der Waals surface area contributed by atoms with Crippen molar-refractivity contribution >= 4 is 5.91 Å². The summed E-state index contributed by atoms with van der Waals surface area (Å²) in [7, 11) is 0. The summed E-state index contributed by atoms with van der Waals surface area (Å²) in [5.41, 5.74) is -0.610. The summed E-state index contributed by atoms with van der Waals surface area (Å²) >= 11 is 0. The molecule has 1 aliphatic rings. The quantitative estimate of drug-likeness (QED) is 0.896. The van der Waals surface area contributed by atoms with Crippen LogP contribution in [0.25, 0.3) is 0 Å². The Labute approximate surface area is 115 Å². The van der Waals surface area contributed by atoms with E-state index in [-0.39, 0.29) is 24.1 Å². The monoisotopic (exact) mass is 286 g/mol. The van der Waals surface area contributed by atoms with Crippen molar-refractivity contribution in [3.8, 4) is 0 Å². The summed E-state index contributed by atoms with van der Waals surface area (Å²) in [6.07, 6.45) is -1.68. The van der Waals surface area contributed by atoms with Gasteiger partial charge in [-0.3, -0.25) is 4.79 Å². The van der Waals surface area contributed by atoms with E-state index in [0.29, 0.717) is 0 Å². The fourth-order valence-corrected chi connectivity index (χ4v) is 2.33. The lowest BCUT2D eigenvalue weighted by atomic mass is 10.0. The van der Waals surface area contributed by atoms with E-state index in [0.717, 1.165) is 31.9 Å². The van der Waals surface area contributed by atoms with Crippen LogP contribution in [0.1, 0.15) is 30.4 Å². The van der Waals surface area contributed by atoms with Crippen molar-refractivity contribution in [2.24, 2.45) is 0 Å². The Kier molecular flexibility index (Phi) is 4.65. The molecule has 1 amide bonds. The molecule has 2 rings (SSSR count). The molecule has 2 N–H and O–H groups in total. The molecule has 1 saturated heterocycles. The molecule has 1 aromatic carbocycles. The lowest BCUT2D eigenvalue weighted by molar-refractivity contribution is -0.138. The van der Waals surface area contributed by atoms with E-state index in [9.17, 15) is 18.0 Å². The van der Waals surface area contributed by atoms with Crippen molar-refractivity contribution in [2.75, 3.05) is 6.54 Å². The van der Waals surface area contributed by atoms with E-state index in [2.05, 4.69) is 10.6 Å². The SMILES string of the molecule is O=C(NCc1ccccc1C(F)(F)F)C1CCCCN1. The van der Waals surface area contributed by atoms with Gasteiger partial charge in [-0.2, -0.15) is 13.2 Å². The van der Waals surface area contributed by atoms with Crippen molar-refractivity contribution in [1.29, 1.82) is 0 Å². The summed E-state index contributed by atoms with van der Waals surface area (Å²) in [4.78, 5) is 11.9. The van der Waals surface area contributed by atoms with Gasteiger partial charge in [-0.1, -0.05) is 24.6 Å². The zero-order chi connectivity index (χ0) is 14.6. The molecule has 0 spiro atoms. The largest absolute Gasteiger partial charge is 0.416 e. The van der Waals surface area contributed by atoms with Gasteiger partial charge >= 0.3 is 6.18 Å². The molecule has 3 nitrogen and oxygen atoms in total. The Bertz CT molecular complexity index is 468. The number of piperidine rings is 1. The van der Waals surface area contributed by atoms with Crippen LogP contribution in [-0.4, -0.2) is 18.5 Å². The van der Waals surface area contributed by atoms with Crippen LogP contribution < -0.4 is 10.6 Å². The normalized spacial score (nSPS) is 19.6. The molecular formula is C14H17F3N2O. The van der Waals surface area contributed by atoms with Crippen molar-refractivity contribution in [2.45, 2.75) is 38.0 Å². The molecule has 0 radical (unpaired) electrons. The molecule has 1 unspecified atom stereocenters. The maximum Gasteiger partial charge on any atom is 0.416 e. The maximum absolute atomic E-state index is 12.8. The number of hydrogen-bond acceptors (Lipinski definition) is 2. The highest BCUT2D eigenvalue weighted by Gasteiger charge is 2.33. The number of amides is 1. The van der Waals surface area contributed by atoms with Gasteiger partial charge in [0.15, 0.2) is 0 Å². The van der Waals surface area contributed by atoms with Crippen LogP contribution in [0.2, 0.25) is 0 Å². The molecule has 1 aliphatic heterocycles. The van der Waals surface area contributed by atoms with Crippen molar-refractivity contribution in [1.82, 2.24) is 10.6 Å². The Morgan fingerprint density at radius 2 is 2.05 bits per heavy atom. The molecule has 20 heavy (non-hydrogen) atoms. The number of halogens is 3. The topological polar surface area (TPSA) is 41.1 Å². The zero-order valence-electron chi connectivity index (χ0n) is 11.0. The summed E-state index contributed by atoms with van der Waals surface area (Å²) < 4.78 is 38.4. The second kappa shape index (κ2) is 6.26. The highest BCUT2D eigenvalue weighted by atomic mass is 19.4. The van der Waals surface area contributed by atoms with Gasteiger partial charge in [0.2, 0.25) is 5.91 Å². The average molecular weight is 286 g/mol. The Balaban J connectivity index is 1.98. The van der Waals surface area contributed by atoms with Crippen molar-refractivity contribution in [3.63, 3.8) is 0 Å². The first-order valence-electron chi connectivity index (χ1n) is 6.64. The predicted octanol–water partition coefficient (Wildman–Crippen LogP) is 2.46. The average Bonchev–Trinajstić information content (AvgIpc) is 2.45. The Hall–Kier alpha value is -1.56. The highest BCUT2D eigenvalue weighted by Crippen LogP contribution is 2.31. The highest BCUT2D eigenvalue weighted by molar-refractivity contribution is 5.81. The third-order valence-corrected chi connectivity index (χ3v) is 3.40. The van der Waals surface area contributed by atoms with E-state index in [4.69, 9.17) is 0 Å². The summed E-state index contributed by atoms with van der Waals surface area (Å²) in [6, 6.07) is 5.01. The maximum atomic E-state index is 12.8. The second-order valence-electron chi connectivity index (χ2n) is 4.88. The van der Waals surface area contributed by atoms with E-state index < -0.39 is 11.7 Å². The fraction of sp³-hybridized carbons (Fsp3) is 0.500. The second-order valence-corrected chi connectivity index (χ2v) is 4.88. The molecule has 1 aromatic rings. The van der Waals surface area contributed by atoms with Crippen LogP contribution in [0, 0.1) is 0 Å². The number of carbonyl (C=O) groups excluding carboxylic acids is 1. The molecule has 1 fully saturated rings. The van der Waals surface area contributed by atoms with Gasteiger partial charge in [0, 0.05) is 6.54 Å². The molecule has 0 bridgehead atoms. The summed E-state index contributed by atoms with van der Waals surface area (Å²) in [6.45, 7) is 0.671. The van der Waals surface area contributed by atoms with Crippen LogP contribution in [-0.2, 0) is 17.5 Å². The van der Waals surface area contributed by atoms with E-state index in [1.807, 2.05) is 0 Å². The smallest absolute Gasteiger partial charge is 0.351 e. The van der Waals surface area contributed by atoms with Gasteiger partial charge in [-0.05, 0) is 31.0 Å². The van der Waals surface area contributed by atoms with Gasteiger partial charge in [0.25, 0.3) is 0 Å². The summed E-state index contributed by atoms with van der Waals surface area (Å²) in [5, 5.41) is 5.65. The Morgan fingerprint density at radius 1 is 1.30 bits per heavy atom. The van der Waals surface area contributed by atoms with Gasteiger partial charge in [0.05, 0.1) is 11.6 Å². The van der Waals surface area contributed by atoms with Crippen LogP contribution >= 0.6 is 0 Å². The van der Waals surface area contributed by atoms with Gasteiger partial charge < -0.3 is 10.6 Å². The number of alkyl halides is 3. The predicted molar refractivity (Wildman–Crippen MR) is 68.9 cm³/mol. The van der Waals surface area contributed by atoms with Crippen LogP contribution in [0.15, 0.2) is 24.3 Å². The molecule has 6 heteroatoms. The first-order valence-corrected chi connectivity index (χ1v) is 6.64. The molecule has 0 saturated carbocycles. The first kappa shape index (κ1) is 14.8. The van der Waals surface area contributed by atoms with Gasteiger partial charge in [-0.25, -0.2) is 0 Å².